The third-order valence-electron chi connectivity index (χ3n) is 5.66. The van der Waals surface area contributed by atoms with Crippen molar-refractivity contribution in [3.05, 3.63) is 29.6 Å². The summed E-state index contributed by atoms with van der Waals surface area (Å²) in [5.74, 6) is 1.17. The van der Waals surface area contributed by atoms with Gasteiger partial charge < -0.3 is 15.1 Å². The largest absolute Gasteiger partial charge is 0.346 e. The molecule has 28 heavy (non-hydrogen) atoms. The summed E-state index contributed by atoms with van der Waals surface area (Å²) in [7, 11) is 0. The fourth-order valence-electron chi connectivity index (χ4n) is 4.14. The number of benzene rings is 1. The number of carbonyl (C=O) groups is 1. The topological polar surface area (TPSA) is 38.8 Å². The second-order valence-electron chi connectivity index (χ2n) is 8.40. The van der Waals surface area contributed by atoms with Gasteiger partial charge in [-0.25, -0.2) is 4.39 Å². The van der Waals surface area contributed by atoms with E-state index in [4.69, 9.17) is 12.2 Å². The van der Waals surface area contributed by atoms with Gasteiger partial charge in [0.15, 0.2) is 5.11 Å². The quantitative estimate of drug-likeness (QED) is 0.782. The molecule has 5 nitrogen and oxygen atoms in total. The van der Waals surface area contributed by atoms with Crippen molar-refractivity contribution in [1.29, 1.82) is 0 Å². The van der Waals surface area contributed by atoms with Gasteiger partial charge in [-0.3, -0.25) is 9.69 Å². The SMILES string of the molecule is Cc1ccc(NC(=S)N2CCN(CC(=O)N3C[C@H](C)C[C@@H](C)C3)CC2)cc1F. The average Bonchev–Trinajstić information content (AvgIpc) is 2.64. The molecule has 2 aliphatic rings. The van der Waals surface area contributed by atoms with Gasteiger partial charge in [0.2, 0.25) is 5.91 Å². The zero-order valence-electron chi connectivity index (χ0n) is 17.1. The van der Waals surface area contributed by atoms with E-state index in [1.54, 1.807) is 13.0 Å². The van der Waals surface area contributed by atoms with E-state index in [-0.39, 0.29) is 11.7 Å². The normalized spacial score (nSPS) is 23.6. The molecule has 0 saturated carbocycles. The minimum absolute atomic E-state index is 0.238. The van der Waals surface area contributed by atoms with Crippen molar-refractivity contribution in [3.63, 3.8) is 0 Å². The Balaban J connectivity index is 1.45. The number of aryl methyl sites for hydroxylation is 1. The van der Waals surface area contributed by atoms with E-state index >= 15 is 0 Å². The summed E-state index contributed by atoms with van der Waals surface area (Å²) in [6, 6.07) is 5.05. The Morgan fingerprint density at radius 2 is 1.79 bits per heavy atom. The molecular weight excluding hydrogens is 375 g/mol. The van der Waals surface area contributed by atoms with Crippen LogP contribution in [-0.4, -0.2) is 71.5 Å². The van der Waals surface area contributed by atoms with E-state index < -0.39 is 0 Å². The molecular formula is C21H31FN4OS. The Bertz CT molecular complexity index is 710. The van der Waals surface area contributed by atoms with Crippen LogP contribution in [0.5, 0.6) is 0 Å². The van der Waals surface area contributed by atoms with E-state index in [2.05, 4.69) is 29.0 Å². The maximum atomic E-state index is 13.7. The van der Waals surface area contributed by atoms with E-state index in [9.17, 15) is 9.18 Å². The molecule has 0 bridgehead atoms. The molecule has 3 rings (SSSR count). The smallest absolute Gasteiger partial charge is 0.236 e. The number of nitrogens with zero attached hydrogens (tertiary/aromatic N) is 3. The zero-order valence-corrected chi connectivity index (χ0v) is 17.9. The summed E-state index contributed by atoms with van der Waals surface area (Å²) in [6.45, 7) is 11.6. The fourth-order valence-corrected chi connectivity index (χ4v) is 4.44. The number of thiocarbonyl (C=S) groups is 1. The minimum Gasteiger partial charge on any atom is -0.346 e. The maximum Gasteiger partial charge on any atom is 0.236 e. The number of halogens is 1. The van der Waals surface area contributed by atoms with Crippen LogP contribution in [-0.2, 0) is 4.79 Å². The molecule has 7 heteroatoms. The second-order valence-corrected chi connectivity index (χ2v) is 8.79. The molecule has 0 spiro atoms. The molecule has 0 aromatic heterocycles. The van der Waals surface area contributed by atoms with Crippen molar-refractivity contribution in [2.45, 2.75) is 27.2 Å². The summed E-state index contributed by atoms with van der Waals surface area (Å²) in [5.41, 5.74) is 1.28. The third-order valence-corrected chi connectivity index (χ3v) is 6.02. The van der Waals surface area contributed by atoms with Crippen LogP contribution in [0.4, 0.5) is 10.1 Å². The first kappa shape index (κ1) is 21.0. The average molecular weight is 407 g/mol. The summed E-state index contributed by atoms with van der Waals surface area (Å²) in [6.07, 6.45) is 1.21. The highest BCUT2D eigenvalue weighted by molar-refractivity contribution is 7.80. The number of rotatable bonds is 3. The van der Waals surface area contributed by atoms with E-state index in [1.165, 1.54) is 12.5 Å². The van der Waals surface area contributed by atoms with Crippen LogP contribution in [0.25, 0.3) is 0 Å². The van der Waals surface area contributed by atoms with Crippen molar-refractivity contribution in [3.8, 4) is 0 Å². The van der Waals surface area contributed by atoms with Crippen LogP contribution in [0, 0.1) is 24.6 Å². The van der Waals surface area contributed by atoms with Crippen LogP contribution in [0.2, 0.25) is 0 Å². The van der Waals surface area contributed by atoms with Crippen LogP contribution in [0.3, 0.4) is 0 Å². The Labute approximate surface area is 172 Å². The van der Waals surface area contributed by atoms with Gasteiger partial charge in [-0.15, -0.1) is 0 Å². The van der Waals surface area contributed by atoms with Crippen molar-refractivity contribution in [2.75, 3.05) is 51.1 Å². The Morgan fingerprint density at radius 3 is 2.39 bits per heavy atom. The Morgan fingerprint density at radius 1 is 1.14 bits per heavy atom. The van der Waals surface area contributed by atoms with E-state index in [0.717, 1.165) is 39.3 Å². The molecule has 154 valence electrons. The predicted octanol–water partition coefficient (Wildman–Crippen LogP) is 2.95. The van der Waals surface area contributed by atoms with Gasteiger partial charge in [0.1, 0.15) is 5.82 Å². The Hall–Kier alpha value is -1.73. The van der Waals surface area contributed by atoms with Gasteiger partial charge in [0.25, 0.3) is 0 Å². The molecule has 2 aliphatic heterocycles. The number of piperidine rings is 1. The highest BCUT2D eigenvalue weighted by atomic mass is 32.1. The van der Waals surface area contributed by atoms with Crippen LogP contribution >= 0.6 is 12.2 Å². The lowest BCUT2D eigenvalue weighted by molar-refractivity contribution is -0.135. The molecule has 2 saturated heterocycles. The number of carbonyl (C=O) groups excluding carboxylic acids is 1. The van der Waals surface area contributed by atoms with Gasteiger partial charge in [-0.05, 0) is 55.1 Å². The summed E-state index contributed by atoms with van der Waals surface area (Å²) in [4.78, 5) is 19.0. The number of anilines is 1. The van der Waals surface area contributed by atoms with Crippen molar-refractivity contribution in [1.82, 2.24) is 14.7 Å². The number of nitrogens with one attached hydrogen (secondary N) is 1. The van der Waals surface area contributed by atoms with E-state index in [0.29, 0.717) is 34.7 Å². The minimum atomic E-state index is -0.238. The zero-order chi connectivity index (χ0) is 20.3. The van der Waals surface area contributed by atoms with Gasteiger partial charge >= 0.3 is 0 Å². The number of likely N-dealkylation sites (tertiary alicyclic amines) is 1. The lowest BCUT2D eigenvalue weighted by Crippen LogP contribution is -2.53. The van der Waals surface area contributed by atoms with E-state index in [1.807, 2.05) is 11.0 Å². The highest BCUT2D eigenvalue weighted by Crippen LogP contribution is 2.21. The van der Waals surface area contributed by atoms with Gasteiger partial charge in [0, 0.05) is 45.0 Å². The van der Waals surface area contributed by atoms with Crippen LogP contribution in [0.15, 0.2) is 18.2 Å². The molecule has 1 aromatic rings. The third kappa shape index (κ3) is 5.41. The molecule has 0 aliphatic carbocycles. The first-order valence-corrected chi connectivity index (χ1v) is 10.5. The monoisotopic (exact) mass is 406 g/mol. The van der Waals surface area contributed by atoms with Crippen molar-refractivity contribution in [2.24, 2.45) is 11.8 Å². The first-order valence-electron chi connectivity index (χ1n) is 10.1. The summed E-state index contributed by atoms with van der Waals surface area (Å²) < 4.78 is 13.7. The summed E-state index contributed by atoms with van der Waals surface area (Å²) >= 11 is 5.49. The molecule has 0 unspecified atom stereocenters. The predicted molar refractivity (Wildman–Crippen MR) is 115 cm³/mol. The molecule has 0 radical (unpaired) electrons. The second kappa shape index (κ2) is 9.18. The first-order chi connectivity index (χ1) is 13.3. The highest BCUT2D eigenvalue weighted by Gasteiger charge is 2.27. The van der Waals surface area contributed by atoms with Gasteiger partial charge in [0.05, 0.1) is 6.54 Å². The van der Waals surface area contributed by atoms with Crippen LogP contribution < -0.4 is 5.32 Å². The molecule has 2 fully saturated rings. The van der Waals surface area contributed by atoms with Crippen molar-refractivity contribution >= 4 is 28.9 Å². The molecule has 2 heterocycles. The molecule has 1 amide bonds. The number of hydrogen-bond donors (Lipinski definition) is 1. The number of piperazine rings is 1. The fraction of sp³-hybridized carbons (Fsp3) is 0.619. The molecule has 1 N–H and O–H groups in total. The molecule has 2 atom stereocenters. The van der Waals surface area contributed by atoms with Gasteiger partial charge in [-0.1, -0.05) is 19.9 Å². The lowest BCUT2D eigenvalue weighted by atomic mass is 9.92. The number of amides is 1. The van der Waals surface area contributed by atoms with Crippen molar-refractivity contribution < 1.29 is 9.18 Å². The maximum absolute atomic E-state index is 13.7. The summed E-state index contributed by atoms with van der Waals surface area (Å²) in [5, 5.41) is 3.72. The number of hydrogen-bond acceptors (Lipinski definition) is 3. The lowest BCUT2D eigenvalue weighted by Gasteiger charge is -2.39. The Kier molecular flexibility index (Phi) is 6.88. The van der Waals surface area contributed by atoms with Crippen LogP contribution in [0.1, 0.15) is 25.8 Å². The van der Waals surface area contributed by atoms with Gasteiger partial charge in [-0.2, -0.15) is 0 Å². The molecule has 1 aromatic carbocycles. The standard InChI is InChI=1S/C21H31FN4OS/c1-15-10-16(2)13-26(12-15)20(27)14-24-6-8-25(9-7-24)21(28)23-18-5-4-17(3)19(22)11-18/h4-5,11,15-16H,6-10,12-14H2,1-3H3,(H,23,28)/t15-,16-/m1/s1.